The van der Waals surface area contributed by atoms with Crippen LogP contribution in [0.3, 0.4) is 0 Å². The predicted molar refractivity (Wildman–Crippen MR) is 106 cm³/mol. The molecule has 0 fully saturated rings. The minimum absolute atomic E-state index is 0.0239. The van der Waals surface area contributed by atoms with Crippen LogP contribution in [0.5, 0.6) is 0 Å². The van der Waals surface area contributed by atoms with Crippen molar-refractivity contribution >= 4 is 27.3 Å². The molecule has 0 saturated heterocycles. The second kappa shape index (κ2) is 10.7. The van der Waals surface area contributed by atoms with Crippen LogP contribution in [-0.4, -0.2) is 62.1 Å². The Hall–Kier alpha value is -1.19. The second-order valence-corrected chi connectivity index (χ2v) is 8.96. The van der Waals surface area contributed by atoms with Gasteiger partial charge in [-0.1, -0.05) is 13.8 Å². The SMILES string of the molecule is CCNC(=NCCS(=O)(=O)N(CC)CC)NCCc1nc(C)c(C)s1. The van der Waals surface area contributed by atoms with Gasteiger partial charge in [0.2, 0.25) is 10.0 Å². The lowest BCUT2D eigenvalue weighted by atomic mass is 10.4. The predicted octanol–water partition coefficient (Wildman–Crippen LogP) is 1.53. The number of sulfonamides is 1. The van der Waals surface area contributed by atoms with Crippen molar-refractivity contribution in [2.24, 2.45) is 4.99 Å². The van der Waals surface area contributed by atoms with E-state index >= 15 is 0 Å². The van der Waals surface area contributed by atoms with Crippen LogP contribution in [0.15, 0.2) is 4.99 Å². The molecule has 0 aromatic carbocycles. The number of nitrogens with zero attached hydrogens (tertiary/aromatic N) is 3. The van der Waals surface area contributed by atoms with E-state index in [4.69, 9.17) is 0 Å². The molecule has 25 heavy (non-hydrogen) atoms. The normalized spacial score (nSPS) is 12.6. The number of aryl methyl sites for hydroxylation is 2. The molecule has 1 aromatic rings. The zero-order chi connectivity index (χ0) is 18.9. The zero-order valence-corrected chi connectivity index (χ0v) is 17.6. The Kier molecular flexibility index (Phi) is 9.37. The van der Waals surface area contributed by atoms with Gasteiger partial charge in [-0.25, -0.2) is 17.7 Å². The van der Waals surface area contributed by atoms with Crippen molar-refractivity contribution in [1.29, 1.82) is 0 Å². The van der Waals surface area contributed by atoms with E-state index in [9.17, 15) is 8.42 Å². The Balaban J connectivity index is 2.53. The summed E-state index contributed by atoms with van der Waals surface area (Å²) in [4.78, 5) is 10.1. The summed E-state index contributed by atoms with van der Waals surface area (Å²) in [5, 5.41) is 7.48. The molecular weight excluding hydrogens is 358 g/mol. The third kappa shape index (κ3) is 7.29. The summed E-state index contributed by atoms with van der Waals surface area (Å²) >= 11 is 1.71. The van der Waals surface area contributed by atoms with Gasteiger partial charge in [0, 0.05) is 37.5 Å². The van der Waals surface area contributed by atoms with E-state index in [0.717, 1.165) is 23.7 Å². The molecule has 0 saturated carbocycles. The third-order valence-corrected chi connectivity index (χ3v) is 6.90. The first kappa shape index (κ1) is 21.9. The van der Waals surface area contributed by atoms with Crippen LogP contribution in [0.4, 0.5) is 0 Å². The highest BCUT2D eigenvalue weighted by molar-refractivity contribution is 7.89. The van der Waals surface area contributed by atoms with Crippen LogP contribution in [0.2, 0.25) is 0 Å². The van der Waals surface area contributed by atoms with Crippen molar-refractivity contribution in [1.82, 2.24) is 19.9 Å². The van der Waals surface area contributed by atoms with Crippen LogP contribution in [0, 0.1) is 13.8 Å². The van der Waals surface area contributed by atoms with Crippen molar-refractivity contribution in [2.45, 2.75) is 41.0 Å². The van der Waals surface area contributed by atoms with Gasteiger partial charge >= 0.3 is 0 Å². The fourth-order valence-corrected chi connectivity index (χ4v) is 4.60. The maximum atomic E-state index is 12.2. The van der Waals surface area contributed by atoms with Crippen molar-refractivity contribution in [3.63, 3.8) is 0 Å². The van der Waals surface area contributed by atoms with Gasteiger partial charge in [-0.3, -0.25) is 4.99 Å². The van der Waals surface area contributed by atoms with E-state index in [-0.39, 0.29) is 12.3 Å². The largest absolute Gasteiger partial charge is 0.357 e. The summed E-state index contributed by atoms with van der Waals surface area (Å²) < 4.78 is 25.8. The summed E-state index contributed by atoms with van der Waals surface area (Å²) in [7, 11) is -3.24. The first-order chi connectivity index (χ1) is 11.8. The summed E-state index contributed by atoms with van der Waals surface area (Å²) in [5.41, 5.74) is 1.09. The van der Waals surface area contributed by atoms with E-state index in [0.29, 0.717) is 25.6 Å². The van der Waals surface area contributed by atoms with Gasteiger partial charge in [-0.2, -0.15) is 0 Å². The Morgan fingerprint density at radius 1 is 1.20 bits per heavy atom. The number of thiazole rings is 1. The van der Waals surface area contributed by atoms with Gasteiger partial charge in [0.25, 0.3) is 0 Å². The minimum Gasteiger partial charge on any atom is -0.357 e. The molecule has 0 amide bonds. The number of hydrogen-bond donors (Lipinski definition) is 2. The highest BCUT2D eigenvalue weighted by Gasteiger charge is 2.17. The fourth-order valence-electron chi connectivity index (χ4n) is 2.29. The minimum atomic E-state index is -3.24. The van der Waals surface area contributed by atoms with E-state index in [1.54, 1.807) is 11.3 Å². The van der Waals surface area contributed by atoms with Gasteiger partial charge in [-0.05, 0) is 20.8 Å². The molecule has 2 N–H and O–H groups in total. The summed E-state index contributed by atoms with van der Waals surface area (Å²) in [6.45, 7) is 12.4. The molecule has 0 atom stereocenters. The van der Waals surface area contributed by atoms with Gasteiger partial charge in [0.05, 0.1) is 23.0 Å². The van der Waals surface area contributed by atoms with Crippen molar-refractivity contribution in [2.75, 3.05) is 38.5 Å². The number of hydrogen-bond acceptors (Lipinski definition) is 5. The monoisotopic (exact) mass is 389 g/mol. The smallest absolute Gasteiger partial charge is 0.215 e. The average molecular weight is 390 g/mol. The number of nitrogens with one attached hydrogen (secondary N) is 2. The quantitative estimate of drug-likeness (QED) is 0.468. The van der Waals surface area contributed by atoms with E-state index in [1.165, 1.54) is 9.18 Å². The Labute approximate surface area is 156 Å². The molecular formula is C16H31N5O2S2. The van der Waals surface area contributed by atoms with Crippen LogP contribution >= 0.6 is 11.3 Å². The molecule has 0 unspecified atom stereocenters. The lowest BCUT2D eigenvalue weighted by Gasteiger charge is -2.17. The van der Waals surface area contributed by atoms with Crippen LogP contribution in [0.25, 0.3) is 0 Å². The molecule has 0 aliphatic carbocycles. The van der Waals surface area contributed by atoms with Gasteiger partial charge in [0.1, 0.15) is 0 Å². The third-order valence-electron chi connectivity index (χ3n) is 3.77. The molecule has 144 valence electrons. The van der Waals surface area contributed by atoms with E-state index in [2.05, 4.69) is 27.5 Å². The number of aromatic nitrogens is 1. The molecule has 1 heterocycles. The summed E-state index contributed by atoms with van der Waals surface area (Å²) in [6, 6.07) is 0. The van der Waals surface area contributed by atoms with Crippen LogP contribution in [0.1, 0.15) is 36.3 Å². The van der Waals surface area contributed by atoms with Crippen molar-refractivity contribution in [3.05, 3.63) is 15.6 Å². The standard InChI is InChI=1S/C16H31N5O2S2/c1-6-17-16(18-10-9-15-20-13(4)14(5)24-15)19-11-12-25(22,23)21(7-2)8-3/h6-12H2,1-5H3,(H2,17,18,19). The molecule has 1 rings (SSSR count). The average Bonchev–Trinajstić information content (AvgIpc) is 2.86. The van der Waals surface area contributed by atoms with Crippen molar-refractivity contribution in [3.8, 4) is 0 Å². The molecule has 0 bridgehead atoms. The van der Waals surface area contributed by atoms with Crippen LogP contribution < -0.4 is 10.6 Å². The topological polar surface area (TPSA) is 86.7 Å². The summed E-state index contributed by atoms with van der Waals surface area (Å²) in [6.07, 6.45) is 0.821. The Morgan fingerprint density at radius 3 is 2.40 bits per heavy atom. The Morgan fingerprint density at radius 2 is 1.88 bits per heavy atom. The van der Waals surface area contributed by atoms with Crippen molar-refractivity contribution < 1.29 is 8.42 Å². The maximum absolute atomic E-state index is 12.2. The fraction of sp³-hybridized carbons (Fsp3) is 0.750. The number of guanidine groups is 1. The zero-order valence-electron chi connectivity index (χ0n) is 15.9. The highest BCUT2D eigenvalue weighted by Crippen LogP contribution is 2.16. The Bertz CT molecular complexity index is 632. The van der Waals surface area contributed by atoms with Crippen LogP contribution in [-0.2, 0) is 16.4 Å². The first-order valence-electron chi connectivity index (χ1n) is 8.76. The lowest BCUT2D eigenvalue weighted by Crippen LogP contribution is -2.39. The molecule has 0 aliphatic rings. The molecule has 9 heteroatoms. The molecule has 7 nitrogen and oxygen atoms in total. The molecule has 0 radical (unpaired) electrons. The van der Waals surface area contributed by atoms with Gasteiger partial charge in [0.15, 0.2) is 5.96 Å². The molecule has 1 aromatic heterocycles. The van der Waals surface area contributed by atoms with E-state index < -0.39 is 10.0 Å². The number of aliphatic imine (C=N–C) groups is 1. The first-order valence-corrected chi connectivity index (χ1v) is 11.2. The second-order valence-electron chi connectivity index (χ2n) is 5.59. The van der Waals surface area contributed by atoms with Gasteiger partial charge < -0.3 is 10.6 Å². The number of rotatable bonds is 10. The summed E-state index contributed by atoms with van der Waals surface area (Å²) in [5.74, 6) is 0.665. The molecule has 0 spiro atoms. The molecule has 0 aliphatic heterocycles. The van der Waals surface area contributed by atoms with Gasteiger partial charge in [-0.15, -0.1) is 11.3 Å². The van der Waals surface area contributed by atoms with E-state index in [1.807, 2.05) is 27.7 Å². The maximum Gasteiger partial charge on any atom is 0.215 e. The highest BCUT2D eigenvalue weighted by atomic mass is 32.2. The lowest BCUT2D eigenvalue weighted by molar-refractivity contribution is 0.445.